The van der Waals surface area contributed by atoms with E-state index in [2.05, 4.69) is 44.8 Å². The van der Waals surface area contributed by atoms with Crippen molar-refractivity contribution in [3.63, 3.8) is 0 Å². The van der Waals surface area contributed by atoms with Crippen LogP contribution in [0.15, 0.2) is 29.3 Å². The Labute approximate surface area is 152 Å². The zero-order valence-corrected chi connectivity index (χ0v) is 15.9. The Bertz CT molecular complexity index is 512. The number of hydrogen-bond acceptors (Lipinski definition) is 3. The van der Waals surface area contributed by atoms with Crippen molar-refractivity contribution in [2.24, 2.45) is 4.99 Å². The van der Waals surface area contributed by atoms with Crippen LogP contribution in [0.25, 0.3) is 0 Å². The van der Waals surface area contributed by atoms with E-state index in [0.29, 0.717) is 0 Å². The summed E-state index contributed by atoms with van der Waals surface area (Å²) in [6.07, 6.45) is 5.03. The van der Waals surface area contributed by atoms with Crippen LogP contribution < -0.4 is 10.6 Å². The van der Waals surface area contributed by atoms with Crippen molar-refractivity contribution in [3.05, 3.63) is 35.4 Å². The number of ether oxygens (including phenoxy) is 1. The molecule has 1 saturated heterocycles. The summed E-state index contributed by atoms with van der Waals surface area (Å²) >= 11 is 0. The molecular weight excluding hydrogens is 312 g/mol. The first-order valence-corrected chi connectivity index (χ1v) is 9.65. The third-order valence-corrected chi connectivity index (χ3v) is 4.59. The minimum absolute atomic E-state index is 0.779. The molecule has 2 N–H and O–H groups in total. The van der Waals surface area contributed by atoms with Gasteiger partial charge in [0.05, 0.1) is 0 Å². The van der Waals surface area contributed by atoms with Gasteiger partial charge in [0.15, 0.2) is 5.96 Å². The molecule has 5 nitrogen and oxygen atoms in total. The molecule has 0 radical (unpaired) electrons. The highest BCUT2D eigenvalue weighted by atomic mass is 16.5. The lowest BCUT2D eigenvalue weighted by atomic mass is 10.0. The van der Waals surface area contributed by atoms with E-state index in [1.165, 1.54) is 43.5 Å². The maximum atomic E-state index is 5.36. The van der Waals surface area contributed by atoms with Gasteiger partial charge in [-0.2, -0.15) is 0 Å². The maximum Gasteiger partial charge on any atom is 0.191 e. The predicted molar refractivity (Wildman–Crippen MR) is 105 cm³/mol. The van der Waals surface area contributed by atoms with Crippen LogP contribution >= 0.6 is 0 Å². The molecule has 0 spiro atoms. The van der Waals surface area contributed by atoms with Crippen LogP contribution in [0.4, 0.5) is 0 Å². The van der Waals surface area contributed by atoms with E-state index in [9.17, 15) is 0 Å². The highest BCUT2D eigenvalue weighted by Crippen LogP contribution is 2.16. The molecule has 0 bridgehead atoms. The molecule has 25 heavy (non-hydrogen) atoms. The molecule has 1 heterocycles. The minimum Gasteiger partial charge on any atom is -0.382 e. The van der Waals surface area contributed by atoms with Crippen LogP contribution in [0.5, 0.6) is 0 Å². The largest absolute Gasteiger partial charge is 0.382 e. The SMILES string of the molecule is CCOCCCNC(=NC)NCc1ccccc1CN1CCCCC1. The van der Waals surface area contributed by atoms with Crippen molar-refractivity contribution in [1.29, 1.82) is 0 Å². The molecular formula is C20H34N4O. The molecule has 0 amide bonds. The first-order chi connectivity index (χ1) is 12.3. The average Bonchev–Trinajstić information content (AvgIpc) is 2.66. The first-order valence-electron chi connectivity index (χ1n) is 9.65. The second kappa shape index (κ2) is 11.9. The normalized spacial score (nSPS) is 16.0. The van der Waals surface area contributed by atoms with Gasteiger partial charge in [-0.15, -0.1) is 0 Å². The van der Waals surface area contributed by atoms with Crippen LogP contribution in [0.2, 0.25) is 0 Å². The highest BCUT2D eigenvalue weighted by molar-refractivity contribution is 5.79. The molecule has 0 atom stereocenters. The number of hydrogen-bond donors (Lipinski definition) is 2. The second-order valence-corrected chi connectivity index (χ2v) is 6.51. The Morgan fingerprint density at radius 1 is 1.12 bits per heavy atom. The standard InChI is InChI=1S/C20H34N4O/c1-3-25-15-9-12-22-20(21-2)23-16-18-10-5-6-11-19(18)17-24-13-7-4-8-14-24/h5-6,10-11H,3-4,7-9,12-17H2,1-2H3,(H2,21,22,23). The van der Waals surface area contributed by atoms with Gasteiger partial charge in [-0.1, -0.05) is 30.7 Å². The van der Waals surface area contributed by atoms with Crippen molar-refractivity contribution >= 4 is 5.96 Å². The van der Waals surface area contributed by atoms with Gasteiger partial charge in [0, 0.05) is 39.9 Å². The van der Waals surface area contributed by atoms with Gasteiger partial charge in [-0.3, -0.25) is 9.89 Å². The summed E-state index contributed by atoms with van der Waals surface area (Å²) in [5.74, 6) is 0.851. The van der Waals surface area contributed by atoms with Gasteiger partial charge < -0.3 is 15.4 Å². The van der Waals surface area contributed by atoms with Crippen LogP contribution in [-0.2, 0) is 17.8 Å². The number of nitrogens with one attached hydrogen (secondary N) is 2. The lowest BCUT2D eigenvalue weighted by molar-refractivity contribution is 0.145. The number of rotatable bonds is 9. The smallest absolute Gasteiger partial charge is 0.191 e. The molecule has 140 valence electrons. The molecule has 1 aromatic carbocycles. The molecule has 1 fully saturated rings. The van der Waals surface area contributed by atoms with Gasteiger partial charge in [0.1, 0.15) is 0 Å². The van der Waals surface area contributed by atoms with Crippen LogP contribution in [0.1, 0.15) is 43.7 Å². The third kappa shape index (κ3) is 7.45. The quantitative estimate of drug-likeness (QED) is 0.410. The van der Waals surface area contributed by atoms with Crippen molar-refractivity contribution < 1.29 is 4.74 Å². The fourth-order valence-electron chi connectivity index (χ4n) is 3.17. The summed E-state index contributed by atoms with van der Waals surface area (Å²) in [4.78, 5) is 6.88. The van der Waals surface area contributed by atoms with E-state index in [-0.39, 0.29) is 0 Å². The van der Waals surface area contributed by atoms with E-state index in [4.69, 9.17) is 4.74 Å². The fourth-order valence-corrected chi connectivity index (χ4v) is 3.17. The Morgan fingerprint density at radius 2 is 1.88 bits per heavy atom. The van der Waals surface area contributed by atoms with E-state index in [0.717, 1.165) is 45.2 Å². The van der Waals surface area contributed by atoms with Crippen molar-refractivity contribution in [1.82, 2.24) is 15.5 Å². The third-order valence-electron chi connectivity index (χ3n) is 4.59. The maximum absolute atomic E-state index is 5.36. The zero-order chi connectivity index (χ0) is 17.7. The zero-order valence-electron chi connectivity index (χ0n) is 15.9. The molecule has 1 aliphatic rings. The first kappa shape index (κ1) is 19.7. The fraction of sp³-hybridized carbons (Fsp3) is 0.650. The summed E-state index contributed by atoms with van der Waals surface area (Å²) in [6, 6.07) is 8.73. The van der Waals surface area contributed by atoms with Crippen molar-refractivity contribution in [2.45, 2.75) is 45.7 Å². The molecule has 2 rings (SSSR count). The summed E-state index contributed by atoms with van der Waals surface area (Å²) in [5.41, 5.74) is 2.77. The molecule has 0 aromatic heterocycles. The van der Waals surface area contributed by atoms with E-state index in [1.54, 1.807) is 0 Å². The molecule has 1 aromatic rings. The van der Waals surface area contributed by atoms with Crippen molar-refractivity contribution in [3.8, 4) is 0 Å². The summed E-state index contributed by atoms with van der Waals surface area (Å²) in [6.45, 7) is 8.77. The molecule has 5 heteroatoms. The number of likely N-dealkylation sites (tertiary alicyclic amines) is 1. The Balaban J connectivity index is 1.80. The van der Waals surface area contributed by atoms with Crippen molar-refractivity contribution in [2.75, 3.05) is 39.9 Å². The summed E-state index contributed by atoms with van der Waals surface area (Å²) in [5, 5.41) is 6.78. The second-order valence-electron chi connectivity index (χ2n) is 6.51. The number of piperidine rings is 1. The molecule has 0 saturated carbocycles. The molecule has 0 unspecified atom stereocenters. The number of aliphatic imine (C=N–C) groups is 1. The van der Waals surface area contributed by atoms with E-state index in [1.807, 2.05) is 14.0 Å². The lowest BCUT2D eigenvalue weighted by Crippen LogP contribution is -2.38. The monoisotopic (exact) mass is 346 g/mol. The van der Waals surface area contributed by atoms with Gasteiger partial charge in [0.25, 0.3) is 0 Å². The number of nitrogens with zero attached hydrogens (tertiary/aromatic N) is 2. The Morgan fingerprint density at radius 3 is 2.60 bits per heavy atom. The topological polar surface area (TPSA) is 48.9 Å². The van der Waals surface area contributed by atoms with Crippen LogP contribution in [-0.4, -0.2) is 50.8 Å². The van der Waals surface area contributed by atoms with Gasteiger partial charge in [0.2, 0.25) is 0 Å². The summed E-state index contributed by atoms with van der Waals surface area (Å²) in [7, 11) is 1.82. The van der Waals surface area contributed by atoms with Crippen LogP contribution in [0, 0.1) is 0 Å². The minimum atomic E-state index is 0.779. The number of guanidine groups is 1. The Kier molecular flexibility index (Phi) is 9.37. The average molecular weight is 347 g/mol. The summed E-state index contributed by atoms with van der Waals surface area (Å²) < 4.78 is 5.36. The highest BCUT2D eigenvalue weighted by Gasteiger charge is 2.12. The molecule has 0 aliphatic carbocycles. The molecule has 1 aliphatic heterocycles. The van der Waals surface area contributed by atoms with Gasteiger partial charge in [-0.05, 0) is 50.4 Å². The van der Waals surface area contributed by atoms with Gasteiger partial charge in [-0.25, -0.2) is 0 Å². The Hall–Kier alpha value is -1.59. The lowest BCUT2D eigenvalue weighted by Gasteiger charge is -2.27. The predicted octanol–water partition coefficient (Wildman–Crippen LogP) is 2.76. The van der Waals surface area contributed by atoms with E-state index >= 15 is 0 Å². The van der Waals surface area contributed by atoms with E-state index < -0.39 is 0 Å². The number of benzene rings is 1. The van der Waals surface area contributed by atoms with Crippen LogP contribution in [0.3, 0.4) is 0 Å². The van der Waals surface area contributed by atoms with Gasteiger partial charge >= 0.3 is 0 Å².